The third kappa shape index (κ3) is 4.48. The second-order valence-corrected chi connectivity index (χ2v) is 7.62. The summed E-state index contributed by atoms with van der Waals surface area (Å²) in [5.74, 6) is 5.11. The van der Waals surface area contributed by atoms with Crippen molar-refractivity contribution < 1.29 is 27.1 Å². The van der Waals surface area contributed by atoms with Gasteiger partial charge in [0.25, 0.3) is 5.91 Å². The Morgan fingerprint density at radius 3 is 2.70 bits per heavy atom. The van der Waals surface area contributed by atoms with Crippen molar-refractivity contribution in [1.82, 2.24) is 10.3 Å². The number of nitrogens with one attached hydrogen (secondary N) is 1. The van der Waals surface area contributed by atoms with Gasteiger partial charge in [-0.2, -0.15) is 0 Å². The standard InChI is InChI=1S/C20H9F3N2O3S2/c21-20(22,23)28-15-4-2-1-3-11(15)5-6-12-9-24-10-13-7-14(27-17(12)13)8-16-18(26)25-19(29)30-16/h1-4,7-10H,(H,25,26,29). The highest BCUT2D eigenvalue weighted by Crippen LogP contribution is 2.29. The Hall–Kier alpha value is -3.29. The van der Waals surface area contributed by atoms with Gasteiger partial charge in [-0.05, 0) is 18.2 Å². The van der Waals surface area contributed by atoms with E-state index in [2.05, 4.69) is 26.9 Å². The lowest BCUT2D eigenvalue weighted by atomic mass is 10.1. The molecule has 0 saturated carbocycles. The molecule has 3 aromatic rings. The second kappa shape index (κ2) is 7.85. The van der Waals surface area contributed by atoms with Crippen LogP contribution < -0.4 is 10.1 Å². The molecule has 1 aliphatic rings. The summed E-state index contributed by atoms with van der Waals surface area (Å²) >= 11 is 6.07. The van der Waals surface area contributed by atoms with Crippen LogP contribution in [0.3, 0.4) is 0 Å². The number of fused-ring (bicyclic) bond motifs is 1. The number of ether oxygens (including phenoxy) is 1. The molecule has 0 spiro atoms. The van der Waals surface area contributed by atoms with E-state index < -0.39 is 12.1 Å². The zero-order chi connectivity index (χ0) is 21.3. The normalized spacial score (nSPS) is 15.2. The molecule has 1 N–H and O–H groups in total. The summed E-state index contributed by atoms with van der Waals surface area (Å²) in [5, 5.41) is 3.14. The molecule has 10 heteroatoms. The molecule has 1 amide bonds. The average Bonchev–Trinajstić information content (AvgIpc) is 3.22. The zero-order valence-corrected chi connectivity index (χ0v) is 16.4. The minimum Gasteiger partial charge on any atom is -0.455 e. The van der Waals surface area contributed by atoms with Crippen LogP contribution in [0.15, 0.2) is 52.0 Å². The number of aromatic nitrogens is 1. The maximum atomic E-state index is 12.6. The van der Waals surface area contributed by atoms with Crippen LogP contribution in [-0.4, -0.2) is 21.6 Å². The Balaban J connectivity index is 1.69. The van der Waals surface area contributed by atoms with Gasteiger partial charge in [-0.15, -0.1) is 13.2 Å². The van der Waals surface area contributed by atoms with E-state index in [4.69, 9.17) is 16.6 Å². The van der Waals surface area contributed by atoms with Gasteiger partial charge in [0, 0.05) is 23.9 Å². The number of furan rings is 1. The number of carbonyl (C=O) groups is 1. The molecule has 0 aliphatic carbocycles. The highest BCUT2D eigenvalue weighted by Gasteiger charge is 2.31. The van der Waals surface area contributed by atoms with Gasteiger partial charge in [0.15, 0.2) is 5.58 Å². The summed E-state index contributed by atoms with van der Waals surface area (Å²) in [5.41, 5.74) is 0.829. The van der Waals surface area contributed by atoms with Crippen LogP contribution in [0.2, 0.25) is 0 Å². The number of benzene rings is 1. The molecule has 30 heavy (non-hydrogen) atoms. The summed E-state index contributed by atoms with van der Waals surface area (Å²) in [6.45, 7) is 0. The lowest BCUT2D eigenvalue weighted by Gasteiger charge is -2.09. The molecule has 1 fully saturated rings. The van der Waals surface area contributed by atoms with Crippen molar-refractivity contribution >= 4 is 51.3 Å². The van der Waals surface area contributed by atoms with E-state index in [1.54, 1.807) is 24.4 Å². The average molecular weight is 446 g/mol. The van der Waals surface area contributed by atoms with Crippen LogP contribution in [0.4, 0.5) is 13.2 Å². The van der Waals surface area contributed by atoms with Crippen LogP contribution in [0, 0.1) is 11.8 Å². The molecule has 1 saturated heterocycles. The SMILES string of the molecule is O=C1NC(=S)SC1=Cc1cc2cncc(C#Cc3ccccc3OC(F)(F)F)c2o1. The molecule has 150 valence electrons. The fourth-order valence-electron chi connectivity index (χ4n) is 2.61. The Labute approximate surface area is 177 Å². The first-order chi connectivity index (χ1) is 14.3. The van der Waals surface area contributed by atoms with Gasteiger partial charge in [0.05, 0.1) is 16.0 Å². The molecular weight excluding hydrogens is 437 g/mol. The van der Waals surface area contributed by atoms with Crippen molar-refractivity contribution in [3.05, 3.63) is 64.5 Å². The topological polar surface area (TPSA) is 64.4 Å². The molecule has 0 atom stereocenters. The smallest absolute Gasteiger partial charge is 0.455 e. The maximum absolute atomic E-state index is 12.6. The minimum absolute atomic E-state index is 0.0632. The van der Waals surface area contributed by atoms with E-state index in [0.717, 1.165) is 11.8 Å². The number of amides is 1. The molecular formula is C20H9F3N2O3S2. The number of halogens is 3. The number of rotatable bonds is 2. The predicted octanol–water partition coefficient (Wildman–Crippen LogP) is 4.62. The highest BCUT2D eigenvalue weighted by atomic mass is 32.2. The van der Waals surface area contributed by atoms with Gasteiger partial charge in [0.1, 0.15) is 15.8 Å². The van der Waals surface area contributed by atoms with Gasteiger partial charge >= 0.3 is 6.36 Å². The zero-order valence-electron chi connectivity index (χ0n) is 14.7. The largest absolute Gasteiger partial charge is 0.573 e. The number of thiocarbonyl (C=S) groups is 1. The van der Waals surface area contributed by atoms with Gasteiger partial charge in [0.2, 0.25) is 0 Å². The van der Waals surface area contributed by atoms with Crippen LogP contribution in [0.1, 0.15) is 16.9 Å². The maximum Gasteiger partial charge on any atom is 0.573 e. The summed E-state index contributed by atoms with van der Waals surface area (Å²) in [6.07, 6.45) is -0.285. The lowest BCUT2D eigenvalue weighted by Crippen LogP contribution is -2.17. The van der Waals surface area contributed by atoms with Crippen molar-refractivity contribution in [2.24, 2.45) is 0 Å². The number of carbonyl (C=O) groups excluding carboxylic acids is 1. The van der Waals surface area contributed by atoms with E-state index >= 15 is 0 Å². The van der Waals surface area contributed by atoms with Gasteiger partial charge in [-0.1, -0.05) is 48.0 Å². The third-order valence-corrected chi connectivity index (χ3v) is 4.96. The lowest BCUT2D eigenvalue weighted by molar-refractivity contribution is -0.274. The molecule has 1 aromatic carbocycles. The summed E-state index contributed by atoms with van der Waals surface area (Å²) in [6, 6.07) is 7.25. The van der Waals surface area contributed by atoms with Crippen LogP contribution in [0.5, 0.6) is 5.75 Å². The monoisotopic (exact) mass is 446 g/mol. The first kappa shape index (κ1) is 20.0. The minimum atomic E-state index is -4.82. The fraction of sp³-hybridized carbons (Fsp3) is 0.0500. The van der Waals surface area contributed by atoms with E-state index in [1.807, 2.05) is 0 Å². The predicted molar refractivity (Wildman–Crippen MR) is 109 cm³/mol. The number of pyridine rings is 1. The highest BCUT2D eigenvalue weighted by molar-refractivity contribution is 8.26. The molecule has 0 bridgehead atoms. The van der Waals surface area contributed by atoms with Gasteiger partial charge in [-0.3, -0.25) is 9.78 Å². The third-order valence-electron chi connectivity index (χ3n) is 3.80. The van der Waals surface area contributed by atoms with Gasteiger partial charge in [-0.25, -0.2) is 0 Å². The molecule has 5 nitrogen and oxygen atoms in total. The Bertz CT molecular complexity index is 1270. The van der Waals surface area contributed by atoms with E-state index in [0.29, 0.717) is 31.5 Å². The summed E-state index contributed by atoms with van der Waals surface area (Å²) in [7, 11) is 0. The Morgan fingerprint density at radius 2 is 1.97 bits per heavy atom. The number of hydrogen-bond acceptors (Lipinski definition) is 6. The van der Waals surface area contributed by atoms with Crippen LogP contribution in [-0.2, 0) is 4.79 Å². The summed E-state index contributed by atoms with van der Waals surface area (Å²) in [4.78, 5) is 16.3. The molecule has 3 heterocycles. The van der Waals surface area contributed by atoms with Crippen molar-refractivity contribution in [2.45, 2.75) is 6.36 Å². The fourth-order valence-corrected chi connectivity index (χ4v) is 3.64. The Kier molecular flexibility index (Phi) is 5.24. The second-order valence-electron chi connectivity index (χ2n) is 5.90. The first-order valence-corrected chi connectivity index (χ1v) is 9.50. The number of nitrogens with zero attached hydrogens (tertiary/aromatic N) is 1. The molecule has 2 aromatic heterocycles. The van der Waals surface area contributed by atoms with Crippen LogP contribution >= 0.6 is 24.0 Å². The quantitative estimate of drug-likeness (QED) is 0.352. The summed E-state index contributed by atoms with van der Waals surface area (Å²) < 4.78 is 47.9. The van der Waals surface area contributed by atoms with Crippen molar-refractivity contribution in [2.75, 3.05) is 0 Å². The number of alkyl halides is 3. The van der Waals surface area contributed by atoms with Crippen molar-refractivity contribution in [3.8, 4) is 17.6 Å². The Morgan fingerprint density at radius 1 is 1.20 bits per heavy atom. The number of hydrogen-bond donors (Lipinski definition) is 1. The molecule has 4 rings (SSSR count). The number of para-hydroxylation sites is 1. The first-order valence-electron chi connectivity index (χ1n) is 8.28. The molecule has 1 aliphatic heterocycles. The number of thioether (sulfide) groups is 1. The van der Waals surface area contributed by atoms with Crippen molar-refractivity contribution in [1.29, 1.82) is 0 Å². The van der Waals surface area contributed by atoms with Crippen molar-refractivity contribution in [3.63, 3.8) is 0 Å². The molecule has 0 unspecified atom stereocenters. The molecule has 0 radical (unpaired) electrons. The van der Waals surface area contributed by atoms with Gasteiger partial charge < -0.3 is 14.5 Å². The van der Waals surface area contributed by atoms with E-state index in [9.17, 15) is 18.0 Å². The van der Waals surface area contributed by atoms with E-state index in [-0.39, 0.29) is 11.5 Å². The van der Waals surface area contributed by atoms with E-state index in [1.165, 1.54) is 24.4 Å². The van der Waals surface area contributed by atoms with Crippen LogP contribution in [0.25, 0.3) is 17.0 Å².